The molecule has 250 valence electrons. The van der Waals surface area contributed by atoms with Crippen molar-refractivity contribution in [2.45, 2.75) is 19.3 Å². The molecule has 0 bridgehead atoms. The number of hydrogen-bond acceptors (Lipinski definition) is 2. The van der Waals surface area contributed by atoms with Crippen LogP contribution in [0.15, 0.2) is 170 Å². The molecule has 7 aromatic carbocycles. The summed E-state index contributed by atoms with van der Waals surface area (Å²) in [4.78, 5) is 10.7. The Morgan fingerprint density at radius 3 is 1.60 bits per heavy atom. The van der Waals surface area contributed by atoms with E-state index in [1.54, 1.807) is 0 Å². The molecule has 0 spiro atoms. The van der Waals surface area contributed by atoms with E-state index in [1.165, 1.54) is 54.7 Å². The average molecular weight is 679 g/mol. The Morgan fingerprint density at radius 2 is 0.962 bits per heavy atom. The van der Waals surface area contributed by atoms with Crippen molar-refractivity contribution in [1.29, 1.82) is 0 Å². The second kappa shape index (κ2) is 11.1. The predicted octanol–water partition coefficient (Wildman–Crippen LogP) is 12.3. The second-order valence-corrected chi connectivity index (χ2v) is 14.6. The summed E-state index contributed by atoms with van der Waals surface area (Å²) in [6, 6.07) is 60.9. The van der Waals surface area contributed by atoms with Gasteiger partial charge in [-0.15, -0.1) is 0 Å². The fraction of sp³-hybridized carbons (Fsp3) is 0.0612. The molecule has 10 aromatic rings. The SMILES string of the molecule is CC1(C)c2ccccc2-c2c(-c3ccccc3)nc(-c3ccc(-n4c5ccccc5c5ccc6c7ccccc7n(-c7ccccc7)c6c54)cc3)nc21. The summed E-state index contributed by atoms with van der Waals surface area (Å²) in [6.07, 6.45) is 0. The van der Waals surface area contributed by atoms with Crippen LogP contribution in [0.1, 0.15) is 25.1 Å². The normalized spacial score (nSPS) is 13.2. The first kappa shape index (κ1) is 29.9. The van der Waals surface area contributed by atoms with Crippen LogP contribution in [-0.2, 0) is 5.41 Å². The molecule has 0 aliphatic heterocycles. The van der Waals surface area contributed by atoms with Gasteiger partial charge in [-0.2, -0.15) is 0 Å². The largest absolute Gasteiger partial charge is 0.307 e. The molecule has 0 fully saturated rings. The first-order valence-electron chi connectivity index (χ1n) is 18.3. The molecular weight excluding hydrogens is 645 g/mol. The van der Waals surface area contributed by atoms with E-state index in [9.17, 15) is 0 Å². The maximum Gasteiger partial charge on any atom is 0.160 e. The number of benzene rings is 7. The lowest BCUT2D eigenvalue weighted by atomic mass is 9.85. The van der Waals surface area contributed by atoms with Gasteiger partial charge in [0.15, 0.2) is 5.82 Å². The van der Waals surface area contributed by atoms with Crippen LogP contribution in [0.2, 0.25) is 0 Å². The molecule has 53 heavy (non-hydrogen) atoms. The molecular formula is C49H34N4. The van der Waals surface area contributed by atoms with E-state index < -0.39 is 0 Å². The molecule has 0 radical (unpaired) electrons. The predicted molar refractivity (Wildman–Crippen MR) is 219 cm³/mol. The van der Waals surface area contributed by atoms with Crippen molar-refractivity contribution in [1.82, 2.24) is 19.1 Å². The summed E-state index contributed by atoms with van der Waals surface area (Å²) in [7, 11) is 0. The summed E-state index contributed by atoms with van der Waals surface area (Å²) in [6.45, 7) is 4.56. The quantitative estimate of drug-likeness (QED) is 0.186. The molecule has 4 nitrogen and oxygen atoms in total. The van der Waals surface area contributed by atoms with Crippen molar-refractivity contribution in [3.05, 3.63) is 181 Å². The second-order valence-electron chi connectivity index (χ2n) is 14.6. The van der Waals surface area contributed by atoms with Crippen molar-refractivity contribution >= 4 is 43.6 Å². The van der Waals surface area contributed by atoms with Crippen molar-refractivity contribution in [2.75, 3.05) is 0 Å². The van der Waals surface area contributed by atoms with Gasteiger partial charge in [0.05, 0.1) is 33.5 Å². The minimum Gasteiger partial charge on any atom is -0.307 e. The molecule has 0 saturated heterocycles. The molecule has 0 saturated carbocycles. The average Bonchev–Trinajstić information content (AvgIpc) is 3.82. The van der Waals surface area contributed by atoms with Gasteiger partial charge in [0.2, 0.25) is 0 Å². The smallest absolute Gasteiger partial charge is 0.160 e. The lowest BCUT2D eigenvalue weighted by Crippen LogP contribution is -2.17. The van der Waals surface area contributed by atoms with E-state index in [-0.39, 0.29) is 5.41 Å². The summed E-state index contributed by atoms with van der Waals surface area (Å²) < 4.78 is 4.87. The third kappa shape index (κ3) is 4.24. The standard InChI is InChI=1S/C49H34N4/c1-49(2)40-22-12-9-21-39(40)43-44(31-15-5-3-6-16-31)50-48(51-47(43)49)32-25-27-34(28-26-32)53-42-24-14-11-20-36(42)38-30-29-37-35-19-10-13-23-41(35)52(45(37)46(38)53)33-17-7-4-8-18-33/h3-30H,1-2H3. The number of aromatic nitrogens is 4. The van der Waals surface area contributed by atoms with Gasteiger partial charge in [-0.3, -0.25) is 0 Å². The van der Waals surface area contributed by atoms with E-state index in [0.29, 0.717) is 0 Å². The van der Waals surface area contributed by atoms with Gasteiger partial charge >= 0.3 is 0 Å². The van der Waals surface area contributed by atoms with Gasteiger partial charge < -0.3 is 9.13 Å². The molecule has 0 atom stereocenters. The molecule has 11 rings (SSSR count). The molecule has 4 heteroatoms. The first-order chi connectivity index (χ1) is 26.1. The number of para-hydroxylation sites is 3. The molecule has 1 aliphatic rings. The lowest BCUT2D eigenvalue weighted by molar-refractivity contribution is 0.636. The number of nitrogens with zero attached hydrogens (tertiary/aromatic N) is 4. The maximum absolute atomic E-state index is 5.36. The highest BCUT2D eigenvalue weighted by Gasteiger charge is 2.39. The Hall–Kier alpha value is -6.78. The van der Waals surface area contributed by atoms with Crippen LogP contribution in [-0.4, -0.2) is 19.1 Å². The third-order valence-corrected chi connectivity index (χ3v) is 11.3. The van der Waals surface area contributed by atoms with E-state index in [1.807, 2.05) is 0 Å². The molecule has 3 aromatic heterocycles. The highest BCUT2D eigenvalue weighted by atomic mass is 15.0. The third-order valence-electron chi connectivity index (χ3n) is 11.3. The van der Waals surface area contributed by atoms with Gasteiger partial charge in [0.25, 0.3) is 0 Å². The van der Waals surface area contributed by atoms with Crippen LogP contribution in [0.4, 0.5) is 0 Å². The molecule has 0 N–H and O–H groups in total. The Morgan fingerprint density at radius 1 is 0.434 bits per heavy atom. The Balaban J connectivity index is 1.15. The van der Waals surface area contributed by atoms with Crippen molar-refractivity contribution in [3.63, 3.8) is 0 Å². The summed E-state index contributed by atoms with van der Waals surface area (Å²) in [5.74, 6) is 0.740. The van der Waals surface area contributed by atoms with Crippen LogP contribution < -0.4 is 0 Å². The Labute approximate surface area is 307 Å². The summed E-state index contributed by atoms with van der Waals surface area (Å²) in [5.41, 5.74) is 14.5. The number of fused-ring (bicyclic) bond motifs is 10. The molecule has 0 amide bonds. The van der Waals surface area contributed by atoms with Crippen LogP contribution in [0, 0.1) is 0 Å². The first-order valence-corrected chi connectivity index (χ1v) is 18.3. The Kier molecular flexibility index (Phi) is 6.27. The minimum absolute atomic E-state index is 0.251. The van der Waals surface area contributed by atoms with Crippen LogP contribution in [0.5, 0.6) is 0 Å². The van der Waals surface area contributed by atoms with Gasteiger partial charge in [0, 0.05) is 55.0 Å². The van der Waals surface area contributed by atoms with Crippen molar-refractivity contribution < 1.29 is 0 Å². The topological polar surface area (TPSA) is 35.6 Å². The van der Waals surface area contributed by atoms with Gasteiger partial charge in [-0.1, -0.05) is 135 Å². The van der Waals surface area contributed by atoms with Crippen molar-refractivity contribution in [3.8, 4) is 45.1 Å². The fourth-order valence-electron chi connectivity index (χ4n) is 8.85. The molecule has 0 unspecified atom stereocenters. The summed E-state index contributed by atoms with van der Waals surface area (Å²) >= 11 is 0. The number of rotatable bonds is 4. The van der Waals surface area contributed by atoms with Gasteiger partial charge in [-0.05, 0) is 59.7 Å². The highest BCUT2D eigenvalue weighted by Crippen LogP contribution is 2.51. The van der Waals surface area contributed by atoms with E-state index in [0.717, 1.165) is 45.3 Å². The van der Waals surface area contributed by atoms with Gasteiger partial charge in [-0.25, -0.2) is 9.97 Å². The van der Waals surface area contributed by atoms with Crippen LogP contribution in [0.3, 0.4) is 0 Å². The van der Waals surface area contributed by atoms with Crippen molar-refractivity contribution in [2.24, 2.45) is 0 Å². The zero-order valence-electron chi connectivity index (χ0n) is 29.5. The highest BCUT2D eigenvalue weighted by molar-refractivity contribution is 6.23. The Bertz CT molecular complexity index is 3060. The number of hydrogen-bond donors (Lipinski definition) is 0. The fourth-order valence-corrected chi connectivity index (χ4v) is 8.85. The van der Waals surface area contributed by atoms with Crippen LogP contribution in [0.25, 0.3) is 88.8 Å². The zero-order chi connectivity index (χ0) is 35.3. The lowest BCUT2D eigenvalue weighted by Gasteiger charge is -2.21. The van der Waals surface area contributed by atoms with E-state index in [4.69, 9.17) is 9.97 Å². The minimum atomic E-state index is -0.251. The van der Waals surface area contributed by atoms with Gasteiger partial charge in [0.1, 0.15) is 0 Å². The monoisotopic (exact) mass is 678 g/mol. The molecule has 1 aliphatic carbocycles. The van der Waals surface area contributed by atoms with E-state index in [2.05, 4.69) is 193 Å². The van der Waals surface area contributed by atoms with E-state index >= 15 is 0 Å². The zero-order valence-corrected chi connectivity index (χ0v) is 29.5. The maximum atomic E-state index is 5.36. The molecule has 3 heterocycles. The van der Waals surface area contributed by atoms with Crippen LogP contribution >= 0.6 is 0 Å². The summed E-state index contributed by atoms with van der Waals surface area (Å²) in [5, 5.41) is 4.94.